The van der Waals surface area contributed by atoms with Crippen LogP contribution in [0.4, 0.5) is 0 Å². The van der Waals surface area contributed by atoms with Gasteiger partial charge >= 0.3 is 57.4 Å². The summed E-state index contributed by atoms with van der Waals surface area (Å²) in [7, 11) is 0. The maximum Gasteiger partial charge on any atom is 1.00 e. The van der Waals surface area contributed by atoms with Crippen molar-refractivity contribution in [2.45, 2.75) is 12.5 Å². The first-order valence-corrected chi connectivity index (χ1v) is 2.22. The molecule has 0 heterocycles. The van der Waals surface area contributed by atoms with E-state index in [-0.39, 0.29) is 51.4 Å². The molecule has 1 atom stereocenters. The SMILES string of the molecule is N[C@H](CC(=O)[O-])C(=O)O.[K+]. The van der Waals surface area contributed by atoms with Gasteiger partial charge in [0.15, 0.2) is 0 Å². The van der Waals surface area contributed by atoms with Crippen molar-refractivity contribution in [1.82, 2.24) is 0 Å². The van der Waals surface area contributed by atoms with E-state index in [2.05, 4.69) is 0 Å². The Bertz CT molecular complexity index is 137. The number of hydrogen-bond donors (Lipinski definition) is 2. The summed E-state index contributed by atoms with van der Waals surface area (Å²) in [5.41, 5.74) is 4.80. The van der Waals surface area contributed by atoms with Crippen LogP contribution in [0.25, 0.3) is 0 Å². The number of carboxylic acids is 2. The molecule has 0 aromatic rings. The maximum atomic E-state index is 9.82. The topological polar surface area (TPSA) is 103 Å². The van der Waals surface area contributed by atoms with Gasteiger partial charge in [-0.2, -0.15) is 0 Å². The third-order valence-electron chi connectivity index (χ3n) is 0.704. The van der Waals surface area contributed by atoms with Crippen LogP contribution >= 0.6 is 0 Å². The summed E-state index contributed by atoms with van der Waals surface area (Å²) in [6.07, 6.45) is -0.644. The first-order chi connectivity index (χ1) is 4.04. The van der Waals surface area contributed by atoms with E-state index < -0.39 is 24.4 Å². The summed E-state index contributed by atoms with van der Waals surface area (Å²) >= 11 is 0. The molecule has 0 amide bonds. The summed E-state index contributed by atoms with van der Waals surface area (Å²) in [5.74, 6) is -2.79. The molecule has 0 bridgehead atoms. The van der Waals surface area contributed by atoms with Crippen LogP contribution in [0.1, 0.15) is 6.42 Å². The molecule has 0 rings (SSSR count). The first-order valence-electron chi connectivity index (χ1n) is 2.22. The Morgan fingerprint density at radius 1 is 1.60 bits per heavy atom. The van der Waals surface area contributed by atoms with Gasteiger partial charge in [-0.3, -0.25) is 4.79 Å². The van der Waals surface area contributed by atoms with Gasteiger partial charge in [-0.15, -0.1) is 0 Å². The van der Waals surface area contributed by atoms with Crippen LogP contribution < -0.4 is 62.2 Å². The van der Waals surface area contributed by atoms with Crippen LogP contribution in [-0.4, -0.2) is 23.1 Å². The Hall–Kier alpha value is 0.536. The number of aliphatic carboxylic acids is 2. The van der Waals surface area contributed by atoms with Gasteiger partial charge in [0.1, 0.15) is 6.04 Å². The number of hydrogen-bond acceptors (Lipinski definition) is 4. The summed E-state index contributed by atoms with van der Waals surface area (Å²) < 4.78 is 0. The number of carbonyl (C=O) groups excluding carboxylic acids is 1. The average Bonchev–Trinajstić information content (AvgIpc) is 1.63. The van der Waals surface area contributed by atoms with Crippen molar-refractivity contribution in [2.24, 2.45) is 5.73 Å². The van der Waals surface area contributed by atoms with E-state index >= 15 is 0 Å². The van der Waals surface area contributed by atoms with Crippen molar-refractivity contribution in [2.75, 3.05) is 0 Å². The summed E-state index contributed by atoms with van der Waals surface area (Å²) in [6.45, 7) is 0. The number of nitrogens with two attached hydrogens (primary N) is 1. The Balaban J connectivity index is 0. The summed E-state index contributed by atoms with van der Waals surface area (Å²) in [4.78, 5) is 19.5. The number of carbonyl (C=O) groups is 2. The quantitative estimate of drug-likeness (QED) is 0.412. The van der Waals surface area contributed by atoms with Gasteiger partial charge < -0.3 is 20.7 Å². The third-order valence-corrected chi connectivity index (χ3v) is 0.704. The molecule has 10 heavy (non-hydrogen) atoms. The molecule has 0 aliphatic carbocycles. The molecule has 0 unspecified atom stereocenters. The van der Waals surface area contributed by atoms with Crippen molar-refractivity contribution in [3.8, 4) is 0 Å². The van der Waals surface area contributed by atoms with Gasteiger partial charge in [0, 0.05) is 12.4 Å². The van der Waals surface area contributed by atoms with Crippen molar-refractivity contribution in [3.63, 3.8) is 0 Å². The van der Waals surface area contributed by atoms with E-state index in [0.29, 0.717) is 0 Å². The minimum absolute atomic E-state index is 0. The minimum atomic E-state index is -1.45. The fraction of sp³-hybridized carbons (Fsp3) is 0.500. The van der Waals surface area contributed by atoms with Gasteiger partial charge in [-0.1, -0.05) is 0 Å². The van der Waals surface area contributed by atoms with Crippen LogP contribution in [0.2, 0.25) is 0 Å². The Morgan fingerprint density at radius 2 is 2.00 bits per heavy atom. The zero-order valence-electron chi connectivity index (χ0n) is 5.53. The van der Waals surface area contributed by atoms with Crippen molar-refractivity contribution in [1.29, 1.82) is 0 Å². The molecular formula is C4H6KNO4. The minimum Gasteiger partial charge on any atom is -0.550 e. The molecule has 0 fully saturated rings. The molecule has 0 aliphatic heterocycles. The fourth-order valence-electron chi connectivity index (χ4n) is 0.267. The second-order valence-electron chi connectivity index (χ2n) is 1.52. The predicted octanol–water partition coefficient (Wildman–Crippen LogP) is -5.46. The van der Waals surface area contributed by atoms with E-state index in [1.54, 1.807) is 0 Å². The van der Waals surface area contributed by atoms with Crippen LogP contribution in [0, 0.1) is 0 Å². The van der Waals surface area contributed by atoms with Crippen LogP contribution in [0.15, 0.2) is 0 Å². The molecule has 0 radical (unpaired) electrons. The normalized spacial score (nSPS) is 11.3. The second kappa shape index (κ2) is 6.26. The predicted molar refractivity (Wildman–Crippen MR) is 25.2 cm³/mol. The zero-order valence-corrected chi connectivity index (χ0v) is 8.66. The Labute approximate surface area is 100 Å². The molecule has 0 aromatic carbocycles. The molecule has 3 N–H and O–H groups in total. The zero-order chi connectivity index (χ0) is 7.44. The van der Waals surface area contributed by atoms with Gasteiger partial charge in [-0.05, 0) is 0 Å². The van der Waals surface area contributed by atoms with Crippen LogP contribution in [-0.2, 0) is 9.59 Å². The molecule has 52 valence electrons. The summed E-state index contributed by atoms with van der Waals surface area (Å²) in [6, 6.07) is -1.35. The molecule has 0 saturated carbocycles. The Kier molecular flexibility index (Phi) is 8.23. The largest absolute Gasteiger partial charge is 1.00 e. The second-order valence-corrected chi connectivity index (χ2v) is 1.52. The van der Waals surface area contributed by atoms with E-state index in [1.807, 2.05) is 0 Å². The number of carboxylic acid groups (broad SMARTS) is 2. The fourth-order valence-corrected chi connectivity index (χ4v) is 0.267. The van der Waals surface area contributed by atoms with Crippen LogP contribution in [0.3, 0.4) is 0 Å². The van der Waals surface area contributed by atoms with Crippen molar-refractivity contribution < 1.29 is 71.2 Å². The van der Waals surface area contributed by atoms with Gasteiger partial charge in [0.2, 0.25) is 0 Å². The van der Waals surface area contributed by atoms with E-state index in [1.165, 1.54) is 0 Å². The monoisotopic (exact) mass is 171 g/mol. The van der Waals surface area contributed by atoms with Gasteiger partial charge in [0.05, 0.1) is 0 Å². The van der Waals surface area contributed by atoms with E-state index in [0.717, 1.165) is 0 Å². The van der Waals surface area contributed by atoms with Crippen molar-refractivity contribution in [3.05, 3.63) is 0 Å². The Morgan fingerprint density at radius 3 is 2.10 bits per heavy atom. The van der Waals surface area contributed by atoms with E-state index in [9.17, 15) is 14.7 Å². The first kappa shape index (κ1) is 13.1. The molecule has 0 spiro atoms. The molecule has 0 aromatic heterocycles. The molecule has 5 nitrogen and oxygen atoms in total. The number of rotatable bonds is 3. The smallest absolute Gasteiger partial charge is 0.550 e. The van der Waals surface area contributed by atoms with Crippen LogP contribution in [0.5, 0.6) is 0 Å². The average molecular weight is 171 g/mol. The maximum absolute atomic E-state index is 9.82. The molecule has 0 aliphatic rings. The standard InChI is InChI=1S/C4H7NO4.K/c5-2(4(8)9)1-3(6)7;/h2H,1,5H2,(H,6,7)(H,8,9);/q;+1/p-1/t2-;/m1./s1. The molecular weight excluding hydrogens is 165 g/mol. The third kappa shape index (κ3) is 6.65. The van der Waals surface area contributed by atoms with Gasteiger partial charge in [-0.25, -0.2) is 0 Å². The summed E-state index contributed by atoms with van der Waals surface area (Å²) in [5, 5.41) is 17.7. The van der Waals surface area contributed by atoms with E-state index in [4.69, 9.17) is 10.8 Å². The molecule has 6 heteroatoms. The molecule has 0 saturated heterocycles. The van der Waals surface area contributed by atoms with Gasteiger partial charge in [0.25, 0.3) is 0 Å². The van der Waals surface area contributed by atoms with Crippen molar-refractivity contribution >= 4 is 11.9 Å².